The molecule has 0 fully saturated rings. The number of carbonyl (C=O) groups excluding carboxylic acids is 1. The molecule has 164 valence electrons. The smallest absolute Gasteiger partial charge is 0.260 e. The molecular weight excluding hydrogens is 408 g/mol. The predicted molar refractivity (Wildman–Crippen MR) is 116 cm³/mol. The molecular formula is C21H28N2O6S. The molecule has 0 saturated heterocycles. The molecule has 0 aliphatic heterocycles. The van der Waals surface area contributed by atoms with E-state index in [1.165, 1.54) is 11.4 Å². The molecule has 2 aromatic rings. The lowest BCUT2D eigenvalue weighted by atomic mass is 10.1. The second-order valence-electron chi connectivity index (χ2n) is 6.71. The topological polar surface area (TPSA) is 94.2 Å². The predicted octanol–water partition coefficient (Wildman–Crippen LogP) is 2.23. The Bertz CT molecular complexity index is 960. The van der Waals surface area contributed by atoms with Crippen LogP contribution in [-0.4, -0.2) is 54.5 Å². The van der Waals surface area contributed by atoms with E-state index in [0.717, 1.165) is 11.8 Å². The SMILES string of the molecule is COc1ccc(CCNC(=O)[C@@H](C)Oc2ccc(N(C)S(C)(=O)=O)cc2)cc1OC. The first-order chi connectivity index (χ1) is 14.2. The van der Waals surface area contributed by atoms with Crippen LogP contribution < -0.4 is 23.8 Å². The van der Waals surface area contributed by atoms with Crippen LogP contribution in [0.15, 0.2) is 42.5 Å². The Kier molecular flexibility index (Phi) is 7.93. The van der Waals surface area contributed by atoms with Crippen LogP contribution in [0, 0.1) is 0 Å². The maximum absolute atomic E-state index is 12.3. The average Bonchev–Trinajstić information content (AvgIpc) is 2.72. The number of ether oxygens (including phenoxy) is 3. The molecule has 0 aromatic heterocycles. The van der Waals surface area contributed by atoms with Crippen molar-refractivity contribution in [2.75, 3.05) is 38.4 Å². The van der Waals surface area contributed by atoms with Gasteiger partial charge in [-0.1, -0.05) is 6.07 Å². The first kappa shape index (κ1) is 23.3. The maximum Gasteiger partial charge on any atom is 0.260 e. The third kappa shape index (κ3) is 6.28. The molecule has 0 heterocycles. The van der Waals surface area contributed by atoms with Crippen molar-refractivity contribution >= 4 is 21.6 Å². The highest BCUT2D eigenvalue weighted by Crippen LogP contribution is 2.27. The lowest BCUT2D eigenvalue weighted by Crippen LogP contribution is -2.37. The Hall–Kier alpha value is -2.94. The van der Waals surface area contributed by atoms with Gasteiger partial charge in [0.1, 0.15) is 5.75 Å². The summed E-state index contributed by atoms with van der Waals surface area (Å²) in [5.41, 5.74) is 1.52. The molecule has 0 unspecified atom stereocenters. The van der Waals surface area contributed by atoms with Crippen molar-refractivity contribution in [2.24, 2.45) is 0 Å². The zero-order chi connectivity index (χ0) is 22.3. The van der Waals surface area contributed by atoms with Crippen LogP contribution in [0.2, 0.25) is 0 Å². The minimum Gasteiger partial charge on any atom is -0.493 e. The van der Waals surface area contributed by atoms with Crippen LogP contribution in [0.4, 0.5) is 5.69 Å². The van der Waals surface area contributed by atoms with Crippen molar-refractivity contribution in [1.82, 2.24) is 5.32 Å². The Morgan fingerprint density at radius 2 is 1.70 bits per heavy atom. The van der Waals surface area contributed by atoms with Crippen LogP contribution in [-0.2, 0) is 21.2 Å². The van der Waals surface area contributed by atoms with Gasteiger partial charge >= 0.3 is 0 Å². The molecule has 0 aliphatic carbocycles. The van der Waals surface area contributed by atoms with Crippen LogP contribution >= 0.6 is 0 Å². The molecule has 1 amide bonds. The van der Waals surface area contributed by atoms with Crippen LogP contribution in [0.3, 0.4) is 0 Å². The third-order valence-corrected chi connectivity index (χ3v) is 5.75. The maximum atomic E-state index is 12.3. The molecule has 0 radical (unpaired) electrons. The summed E-state index contributed by atoms with van der Waals surface area (Å²) in [7, 11) is 1.30. The Morgan fingerprint density at radius 3 is 2.27 bits per heavy atom. The van der Waals surface area contributed by atoms with E-state index in [9.17, 15) is 13.2 Å². The Balaban J connectivity index is 1.86. The van der Waals surface area contributed by atoms with Gasteiger partial charge in [-0.25, -0.2) is 8.42 Å². The van der Waals surface area contributed by atoms with Gasteiger partial charge in [0.05, 0.1) is 26.2 Å². The lowest BCUT2D eigenvalue weighted by molar-refractivity contribution is -0.127. The summed E-state index contributed by atoms with van der Waals surface area (Å²) in [6.45, 7) is 2.10. The number of nitrogens with zero attached hydrogens (tertiary/aromatic N) is 1. The molecule has 1 atom stereocenters. The summed E-state index contributed by atoms with van der Waals surface area (Å²) in [6.07, 6.45) is 1.06. The first-order valence-electron chi connectivity index (χ1n) is 9.35. The number of sulfonamides is 1. The third-order valence-electron chi connectivity index (χ3n) is 4.54. The van der Waals surface area contributed by atoms with Gasteiger partial charge in [-0.2, -0.15) is 0 Å². The van der Waals surface area contributed by atoms with Crippen LogP contribution in [0.5, 0.6) is 17.2 Å². The van der Waals surface area contributed by atoms with Gasteiger partial charge in [0, 0.05) is 13.6 Å². The summed E-state index contributed by atoms with van der Waals surface area (Å²) >= 11 is 0. The fourth-order valence-electron chi connectivity index (χ4n) is 2.69. The standard InChI is InChI=1S/C21H28N2O6S/c1-15(29-18-9-7-17(8-10-18)23(2)30(5,25)26)21(24)22-13-12-16-6-11-19(27-3)20(14-16)28-4/h6-11,14-15H,12-13H2,1-5H3,(H,22,24)/t15-/m1/s1. The van der Waals surface area contributed by atoms with Crippen molar-refractivity contribution < 1.29 is 27.4 Å². The first-order valence-corrected chi connectivity index (χ1v) is 11.2. The fourth-order valence-corrected chi connectivity index (χ4v) is 3.20. The molecule has 0 saturated carbocycles. The lowest BCUT2D eigenvalue weighted by Gasteiger charge is -2.18. The fraction of sp³-hybridized carbons (Fsp3) is 0.381. The number of anilines is 1. The highest BCUT2D eigenvalue weighted by Gasteiger charge is 2.16. The Morgan fingerprint density at radius 1 is 1.07 bits per heavy atom. The van der Waals surface area contributed by atoms with Gasteiger partial charge in [-0.3, -0.25) is 9.10 Å². The van der Waals surface area contributed by atoms with Gasteiger partial charge in [0.15, 0.2) is 17.6 Å². The van der Waals surface area contributed by atoms with E-state index in [2.05, 4.69) is 5.32 Å². The highest BCUT2D eigenvalue weighted by molar-refractivity contribution is 7.92. The summed E-state index contributed by atoms with van der Waals surface area (Å²) in [4.78, 5) is 12.3. The van der Waals surface area contributed by atoms with Crippen molar-refractivity contribution in [3.63, 3.8) is 0 Å². The van der Waals surface area contributed by atoms with Crippen LogP contribution in [0.25, 0.3) is 0 Å². The number of rotatable bonds is 10. The molecule has 0 spiro atoms. The van der Waals surface area contributed by atoms with Crippen molar-refractivity contribution in [3.8, 4) is 17.2 Å². The zero-order valence-corrected chi connectivity index (χ0v) is 18.7. The number of carbonyl (C=O) groups is 1. The van der Waals surface area contributed by atoms with Gasteiger partial charge in [0.2, 0.25) is 10.0 Å². The minimum absolute atomic E-state index is 0.243. The second kappa shape index (κ2) is 10.2. The molecule has 0 aliphatic rings. The van der Waals surface area contributed by atoms with Gasteiger partial charge in [-0.15, -0.1) is 0 Å². The van der Waals surface area contributed by atoms with E-state index >= 15 is 0 Å². The van der Waals surface area contributed by atoms with Gasteiger partial charge in [0.25, 0.3) is 5.91 Å². The zero-order valence-electron chi connectivity index (χ0n) is 17.8. The van der Waals surface area contributed by atoms with E-state index in [4.69, 9.17) is 14.2 Å². The van der Waals surface area contributed by atoms with Crippen LogP contribution in [0.1, 0.15) is 12.5 Å². The highest BCUT2D eigenvalue weighted by atomic mass is 32.2. The number of hydrogen-bond donors (Lipinski definition) is 1. The number of nitrogens with one attached hydrogen (secondary N) is 1. The van der Waals surface area contributed by atoms with E-state index in [0.29, 0.717) is 35.9 Å². The summed E-state index contributed by atoms with van der Waals surface area (Å²) < 4.78 is 40.5. The largest absolute Gasteiger partial charge is 0.493 e. The second-order valence-corrected chi connectivity index (χ2v) is 8.73. The van der Waals surface area contributed by atoms with Gasteiger partial charge < -0.3 is 19.5 Å². The van der Waals surface area contributed by atoms with Crippen molar-refractivity contribution in [2.45, 2.75) is 19.4 Å². The summed E-state index contributed by atoms with van der Waals surface area (Å²) in [5, 5.41) is 2.84. The molecule has 9 heteroatoms. The summed E-state index contributed by atoms with van der Waals surface area (Å²) in [6, 6.07) is 12.1. The quantitative estimate of drug-likeness (QED) is 0.614. The number of hydrogen-bond acceptors (Lipinski definition) is 6. The van der Waals surface area contributed by atoms with E-state index in [1.54, 1.807) is 45.4 Å². The molecule has 2 rings (SSSR count). The molecule has 8 nitrogen and oxygen atoms in total. The molecule has 1 N–H and O–H groups in total. The Labute approximate surface area is 177 Å². The number of methoxy groups -OCH3 is 2. The monoisotopic (exact) mass is 436 g/mol. The van der Waals surface area contributed by atoms with Gasteiger partial charge in [-0.05, 0) is 55.3 Å². The van der Waals surface area contributed by atoms with Crippen molar-refractivity contribution in [1.29, 1.82) is 0 Å². The van der Waals surface area contributed by atoms with Crippen molar-refractivity contribution in [3.05, 3.63) is 48.0 Å². The van der Waals surface area contributed by atoms with E-state index in [1.807, 2.05) is 18.2 Å². The molecule has 0 bridgehead atoms. The minimum atomic E-state index is -3.33. The summed E-state index contributed by atoms with van der Waals surface area (Å²) in [5.74, 6) is 1.53. The molecule has 2 aromatic carbocycles. The average molecular weight is 437 g/mol. The normalized spacial score (nSPS) is 12.0. The number of benzene rings is 2. The molecule has 30 heavy (non-hydrogen) atoms. The van der Waals surface area contributed by atoms with E-state index < -0.39 is 16.1 Å². The van der Waals surface area contributed by atoms with E-state index in [-0.39, 0.29) is 5.91 Å². The number of amides is 1.